The van der Waals surface area contributed by atoms with Crippen molar-refractivity contribution in [1.82, 2.24) is 19.7 Å². The van der Waals surface area contributed by atoms with Crippen LogP contribution in [0.2, 0.25) is 0 Å². The molecule has 1 aliphatic rings. The molecule has 1 unspecified atom stereocenters. The Morgan fingerprint density at radius 1 is 1.24 bits per heavy atom. The second kappa shape index (κ2) is 8.74. The maximum Gasteiger partial charge on any atom is 0.439 e. The van der Waals surface area contributed by atoms with Gasteiger partial charge in [-0.15, -0.1) is 0 Å². The smallest absolute Gasteiger partial charge is 0.439 e. The summed E-state index contributed by atoms with van der Waals surface area (Å²) < 4.78 is 12.4. The number of ether oxygens (including phenoxy) is 1. The number of hydrogen-bond donors (Lipinski definition) is 1. The second-order valence-electron chi connectivity index (χ2n) is 7.77. The van der Waals surface area contributed by atoms with Crippen LogP contribution in [-0.4, -0.2) is 32.6 Å². The van der Waals surface area contributed by atoms with Crippen molar-refractivity contribution in [3.63, 3.8) is 0 Å². The van der Waals surface area contributed by atoms with E-state index in [4.69, 9.17) is 9.26 Å². The highest BCUT2D eigenvalue weighted by Gasteiger charge is 2.22. The number of para-hydroxylation sites is 1. The quantitative estimate of drug-likeness (QED) is 0.432. The van der Waals surface area contributed by atoms with Gasteiger partial charge in [0.15, 0.2) is 12.1 Å². The zero-order valence-electron chi connectivity index (χ0n) is 18.0. The zero-order chi connectivity index (χ0) is 22.8. The van der Waals surface area contributed by atoms with Crippen LogP contribution in [0.3, 0.4) is 0 Å². The highest BCUT2D eigenvalue weighted by molar-refractivity contribution is 5.95. The van der Waals surface area contributed by atoms with Crippen molar-refractivity contribution in [3.05, 3.63) is 93.8 Å². The van der Waals surface area contributed by atoms with E-state index in [-0.39, 0.29) is 5.92 Å². The van der Waals surface area contributed by atoms with Gasteiger partial charge in [0.05, 0.1) is 24.2 Å². The number of hydrogen-bond acceptors (Lipinski definition) is 6. The molecule has 2 heterocycles. The van der Waals surface area contributed by atoms with Gasteiger partial charge in [0, 0.05) is 17.1 Å². The van der Waals surface area contributed by atoms with Crippen molar-refractivity contribution in [1.29, 1.82) is 0 Å². The third-order valence-electron chi connectivity index (χ3n) is 5.76. The Labute approximate surface area is 189 Å². The minimum absolute atomic E-state index is 0.0551. The lowest BCUT2D eigenvalue weighted by Gasteiger charge is -2.20. The average Bonchev–Trinajstić information content (AvgIpc) is 3.43. The van der Waals surface area contributed by atoms with Crippen molar-refractivity contribution in [2.45, 2.75) is 25.8 Å². The number of benzene rings is 2. The number of allylic oxidation sites excluding steroid dienone is 4. The molecule has 5 rings (SSSR count). The number of aromatic nitrogens is 4. The van der Waals surface area contributed by atoms with Crippen LogP contribution in [0.25, 0.3) is 16.6 Å². The lowest BCUT2D eigenvalue weighted by molar-refractivity contribution is 0.112. The van der Waals surface area contributed by atoms with Gasteiger partial charge in [-0.05, 0) is 36.6 Å². The number of aldehydes is 1. The molecule has 8 nitrogen and oxygen atoms in total. The van der Waals surface area contributed by atoms with E-state index in [2.05, 4.69) is 45.5 Å². The van der Waals surface area contributed by atoms with Crippen molar-refractivity contribution >= 4 is 22.9 Å². The van der Waals surface area contributed by atoms with Gasteiger partial charge < -0.3 is 4.74 Å². The van der Waals surface area contributed by atoms with E-state index in [1.54, 1.807) is 6.07 Å². The SMILES string of the molecule is CCOc1nc2cccc(C=O)c2n1Cc1ccc(C2CC=CC=C2c2noc(=O)[nH]2)cc1. The molecule has 1 aliphatic carbocycles. The number of imidazole rings is 1. The summed E-state index contributed by atoms with van der Waals surface area (Å²) in [4.78, 5) is 30.3. The van der Waals surface area contributed by atoms with Crippen LogP contribution in [0.4, 0.5) is 0 Å². The Hall–Kier alpha value is -4.20. The number of fused-ring (bicyclic) bond motifs is 1. The number of rotatable bonds is 7. The normalized spacial score (nSPS) is 15.5. The van der Waals surface area contributed by atoms with E-state index in [1.165, 1.54) is 0 Å². The molecule has 0 saturated carbocycles. The van der Waals surface area contributed by atoms with Crippen molar-refractivity contribution in [3.8, 4) is 6.01 Å². The van der Waals surface area contributed by atoms with Crippen LogP contribution in [0, 0.1) is 0 Å². The molecule has 1 atom stereocenters. The molecule has 0 bridgehead atoms. The highest BCUT2D eigenvalue weighted by atomic mass is 16.5. The zero-order valence-corrected chi connectivity index (χ0v) is 18.0. The lowest BCUT2D eigenvalue weighted by Crippen LogP contribution is -2.08. The van der Waals surface area contributed by atoms with Gasteiger partial charge in [-0.2, -0.15) is 4.98 Å². The van der Waals surface area contributed by atoms with Gasteiger partial charge in [-0.1, -0.05) is 53.7 Å². The summed E-state index contributed by atoms with van der Waals surface area (Å²) in [5, 5.41) is 3.86. The molecule has 4 aromatic rings. The Bertz CT molecular complexity index is 1420. The standard InChI is InChI=1S/C25H22N4O4/c1-2-32-24-26-21-9-5-6-18(15-30)22(21)29(24)14-16-10-12-17(13-11-16)19-7-3-4-8-20(19)23-27-25(31)33-28-23/h3-6,8-13,15,19H,2,7,14H2,1H3,(H,27,28,31). The molecule has 33 heavy (non-hydrogen) atoms. The first kappa shape index (κ1) is 20.7. The average molecular weight is 442 g/mol. The second-order valence-corrected chi connectivity index (χ2v) is 7.77. The first-order chi connectivity index (χ1) is 16.2. The van der Waals surface area contributed by atoms with Gasteiger partial charge >= 0.3 is 5.76 Å². The topological polar surface area (TPSA) is 103 Å². The maximum absolute atomic E-state index is 11.6. The largest absolute Gasteiger partial charge is 0.465 e. The molecule has 0 fully saturated rings. The molecule has 2 aromatic heterocycles. The third kappa shape index (κ3) is 3.91. The fourth-order valence-electron chi connectivity index (χ4n) is 4.25. The maximum atomic E-state index is 11.6. The summed E-state index contributed by atoms with van der Waals surface area (Å²) in [6.07, 6.45) is 7.63. The molecule has 166 valence electrons. The van der Waals surface area contributed by atoms with E-state index >= 15 is 0 Å². The fourth-order valence-corrected chi connectivity index (χ4v) is 4.25. The van der Waals surface area contributed by atoms with E-state index in [0.717, 1.165) is 40.4 Å². The van der Waals surface area contributed by atoms with Crippen molar-refractivity contribution in [2.75, 3.05) is 6.61 Å². The lowest BCUT2D eigenvalue weighted by atomic mass is 9.84. The minimum atomic E-state index is -0.568. The van der Waals surface area contributed by atoms with Crippen LogP contribution in [0.15, 0.2) is 70.0 Å². The van der Waals surface area contributed by atoms with Crippen LogP contribution >= 0.6 is 0 Å². The molecule has 0 saturated heterocycles. The van der Waals surface area contributed by atoms with Crippen LogP contribution in [0.1, 0.15) is 46.6 Å². The van der Waals surface area contributed by atoms with Crippen LogP contribution in [-0.2, 0) is 6.54 Å². The Morgan fingerprint density at radius 3 is 2.82 bits per heavy atom. The molecule has 8 heteroatoms. The summed E-state index contributed by atoms with van der Waals surface area (Å²) >= 11 is 0. The Kier molecular flexibility index (Phi) is 5.48. The predicted molar refractivity (Wildman–Crippen MR) is 123 cm³/mol. The number of nitrogens with one attached hydrogen (secondary N) is 1. The van der Waals surface area contributed by atoms with E-state index in [1.807, 2.05) is 35.8 Å². The number of H-pyrrole nitrogens is 1. The van der Waals surface area contributed by atoms with Crippen molar-refractivity contribution < 1.29 is 14.1 Å². The molecular formula is C25H22N4O4. The van der Waals surface area contributed by atoms with E-state index < -0.39 is 5.76 Å². The summed E-state index contributed by atoms with van der Waals surface area (Å²) in [5.74, 6) is -0.0625. The Morgan fingerprint density at radius 2 is 2.09 bits per heavy atom. The fraction of sp³-hybridized carbons (Fsp3) is 0.200. The molecule has 0 amide bonds. The van der Waals surface area contributed by atoms with E-state index in [9.17, 15) is 9.59 Å². The molecule has 1 N–H and O–H groups in total. The monoisotopic (exact) mass is 442 g/mol. The molecule has 0 aliphatic heterocycles. The van der Waals surface area contributed by atoms with Crippen LogP contribution < -0.4 is 10.5 Å². The summed E-state index contributed by atoms with van der Waals surface area (Å²) in [6.45, 7) is 2.90. The number of aromatic amines is 1. The van der Waals surface area contributed by atoms with Gasteiger partial charge in [-0.3, -0.25) is 18.9 Å². The molecule has 0 spiro atoms. The van der Waals surface area contributed by atoms with Gasteiger partial charge in [0.25, 0.3) is 6.01 Å². The number of carbonyl (C=O) groups is 1. The van der Waals surface area contributed by atoms with E-state index in [0.29, 0.717) is 30.5 Å². The third-order valence-corrected chi connectivity index (χ3v) is 5.76. The van der Waals surface area contributed by atoms with Gasteiger partial charge in [-0.25, -0.2) is 4.79 Å². The molecule has 2 aromatic carbocycles. The number of nitrogens with zero attached hydrogens (tertiary/aromatic N) is 3. The van der Waals surface area contributed by atoms with Crippen molar-refractivity contribution in [2.24, 2.45) is 0 Å². The highest BCUT2D eigenvalue weighted by Crippen LogP contribution is 2.36. The summed E-state index contributed by atoms with van der Waals surface area (Å²) in [7, 11) is 0. The van der Waals surface area contributed by atoms with Crippen LogP contribution in [0.5, 0.6) is 6.01 Å². The number of carbonyl (C=O) groups excluding carboxylic acids is 1. The summed E-state index contributed by atoms with van der Waals surface area (Å²) in [5.41, 5.74) is 5.13. The predicted octanol–water partition coefficient (Wildman–Crippen LogP) is 4.10. The first-order valence-electron chi connectivity index (χ1n) is 10.8. The molecular weight excluding hydrogens is 420 g/mol. The minimum Gasteiger partial charge on any atom is -0.465 e. The molecule has 0 radical (unpaired) electrons. The first-order valence-corrected chi connectivity index (χ1v) is 10.8. The van der Waals surface area contributed by atoms with Gasteiger partial charge in [0.1, 0.15) is 0 Å². The van der Waals surface area contributed by atoms with Gasteiger partial charge in [0.2, 0.25) is 0 Å². The Balaban J connectivity index is 1.46. The summed E-state index contributed by atoms with van der Waals surface area (Å²) in [6, 6.07) is 14.2.